The molecule has 8 heavy (non-hydrogen) atoms. The maximum absolute atomic E-state index is 8.24. The van der Waals surface area contributed by atoms with Crippen molar-refractivity contribution in [2.75, 3.05) is 6.61 Å². The van der Waals surface area contributed by atoms with Crippen LogP contribution in [0.15, 0.2) is 0 Å². The van der Waals surface area contributed by atoms with Crippen molar-refractivity contribution in [3.05, 3.63) is 0 Å². The van der Waals surface area contributed by atoms with Gasteiger partial charge in [0.25, 0.3) is 0 Å². The van der Waals surface area contributed by atoms with Gasteiger partial charge in [0, 0.05) is 6.61 Å². The maximum atomic E-state index is 8.24. The second-order valence-electron chi connectivity index (χ2n) is 1.91. The monoisotopic (exact) mass is 124 g/mol. The van der Waals surface area contributed by atoms with E-state index >= 15 is 0 Å². The van der Waals surface area contributed by atoms with Crippen molar-refractivity contribution in [1.29, 1.82) is 0 Å². The van der Waals surface area contributed by atoms with E-state index < -0.39 is 0 Å². The molecule has 0 amide bonds. The summed E-state index contributed by atoms with van der Waals surface area (Å²) in [6, 6.07) is 0. The Hall–Kier alpha value is -0.120. The number of rotatable bonds is 2. The van der Waals surface area contributed by atoms with Gasteiger partial charge in [0.15, 0.2) is 0 Å². The summed E-state index contributed by atoms with van der Waals surface area (Å²) in [7, 11) is 0. The molecule has 3 nitrogen and oxygen atoms in total. The third kappa shape index (κ3) is 16.9. The molecule has 5 N–H and O–H groups in total. The summed E-state index contributed by atoms with van der Waals surface area (Å²) >= 11 is 0. The Bertz CT molecular complexity index is 28.9. The zero-order valence-electron chi connectivity index (χ0n) is 5.44. The summed E-state index contributed by atoms with van der Waals surface area (Å²) < 4.78 is 0. The minimum atomic E-state index is 0. The van der Waals surface area contributed by atoms with E-state index in [1.54, 1.807) is 0 Å². The highest BCUT2D eigenvalue weighted by Gasteiger charge is 1.86. The Kier molecular flexibility index (Phi) is 19.6. The van der Waals surface area contributed by atoms with Crippen molar-refractivity contribution in [1.82, 2.24) is 0 Å². The lowest BCUT2D eigenvalue weighted by atomic mass is 10.2. The van der Waals surface area contributed by atoms with Crippen LogP contribution in [0.4, 0.5) is 0 Å². The molecular weight excluding hydrogens is 108 g/mol. The van der Waals surface area contributed by atoms with Crippen molar-refractivity contribution in [2.45, 2.75) is 20.3 Å². The first-order chi connectivity index (χ1) is 2.77. The normalized spacial score (nSPS) is 7.50. The molecule has 0 aromatic rings. The average Bonchev–Trinajstić information content (AvgIpc) is 1.35. The molecule has 0 unspecified atom stereocenters. The predicted octanol–water partition coefficient (Wildman–Crippen LogP) is -0.625. The number of hydrogen-bond acceptors (Lipinski definition) is 1. The Morgan fingerprint density at radius 3 is 1.62 bits per heavy atom. The van der Waals surface area contributed by atoms with E-state index in [9.17, 15) is 0 Å². The smallest absolute Gasteiger partial charge is 0.0433 e. The Balaban J connectivity index is -0.000000125. The first-order valence-electron chi connectivity index (χ1n) is 2.38. The summed E-state index contributed by atoms with van der Waals surface area (Å²) in [4.78, 5) is 0. The van der Waals surface area contributed by atoms with Crippen LogP contribution in [0.1, 0.15) is 20.3 Å². The molecule has 0 aliphatic carbocycles. The minimum absolute atomic E-state index is 0. The van der Waals surface area contributed by atoms with E-state index in [1.165, 1.54) is 0 Å². The van der Waals surface area contributed by atoms with E-state index in [0.717, 1.165) is 6.42 Å². The fourth-order valence-corrected chi connectivity index (χ4v) is 0.258. The van der Waals surface area contributed by atoms with Crippen molar-refractivity contribution in [3.63, 3.8) is 0 Å². The third-order valence-corrected chi connectivity index (χ3v) is 0.706. The van der Waals surface area contributed by atoms with Gasteiger partial charge in [-0.1, -0.05) is 13.8 Å². The molecule has 0 aliphatic rings. The molecule has 0 aromatic heterocycles. The summed E-state index contributed by atoms with van der Waals surface area (Å²) in [5.41, 5.74) is 0. The molecule has 0 heterocycles. The lowest BCUT2D eigenvalue weighted by molar-refractivity contribution is 0.268. The van der Waals surface area contributed by atoms with Crippen molar-refractivity contribution in [3.8, 4) is 0 Å². The standard InChI is InChI=1S/C5H12O.2H2O/c1-5(2)3-4-6;;/h5-6H,3-4H2,1-2H3;2*1H2. The van der Waals surface area contributed by atoms with E-state index in [0.29, 0.717) is 12.5 Å². The van der Waals surface area contributed by atoms with Crippen LogP contribution in [0.5, 0.6) is 0 Å². The second-order valence-corrected chi connectivity index (χ2v) is 1.91. The van der Waals surface area contributed by atoms with Crippen LogP contribution in [0.2, 0.25) is 0 Å². The summed E-state index contributed by atoms with van der Waals surface area (Å²) in [5, 5.41) is 8.24. The van der Waals surface area contributed by atoms with E-state index in [4.69, 9.17) is 5.11 Å². The lowest BCUT2D eigenvalue weighted by Crippen LogP contribution is -1.89. The zero-order chi connectivity index (χ0) is 4.99. The van der Waals surface area contributed by atoms with E-state index in [-0.39, 0.29) is 11.0 Å². The highest BCUT2D eigenvalue weighted by molar-refractivity contribution is 4.38. The van der Waals surface area contributed by atoms with Crippen LogP contribution < -0.4 is 0 Å². The van der Waals surface area contributed by atoms with Gasteiger partial charge in [0.2, 0.25) is 0 Å². The molecule has 0 aromatic carbocycles. The van der Waals surface area contributed by atoms with Gasteiger partial charge in [0.05, 0.1) is 0 Å². The van der Waals surface area contributed by atoms with Gasteiger partial charge in [-0.3, -0.25) is 0 Å². The van der Waals surface area contributed by atoms with Crippen LogP contribution >= 0.6 is 0 Å². The van der Waals surface area contributed by atoms with Crippen LogP contribution in [0.25, 0.3) is 0 Å². The molecule has 0 aliphatic heterocycles. The molecule has 3 heteroatoms. The van der Waals surface area contributed by atoms with Gasteiger partial charge in [-0.05, 0) is 12.3 Å². The molecule has 0 saturated heterocycles. The van der Waals surface area contributed by atoms with E-state index in [1.807, 2.05) is 0 Å². The third-order valence-electron chi connectivity index (χ3n) is 0.706. The van der Waals surface area contributed by atoms with Crippen molar-refractivity contribution >= 4 is 0 Å². The second kappa shape index (κ2) is 9.99. The molecular formula is C5H16O3. The Morgan fingerprint density at radius 2 is 1.62 bits per heavy atom. The maximum Gasteiger partial charge on any atom is 0.0433 e. The fourth-order valence-electron chi connectivity index (χ4n) is 0.258. The quantitative estimate of drug-likeness (QED) is 0.522. The average molecular weight is 124 g/mol. The molecule has 54 valence electrons. The van der Waals surface area contributed by atoms with Gasteiger partial charge in [-0.15, -0.1) is 0 Å². The topological polar surface area (TPSA) is 83.2 Å². The molecule has 0 atom stereocenters. The summed E-state index contributed by atoms with van der Waals surface area (Å²) in [5.74, 6) is 0.648. The highest BCUT2D eigenvalue weighted by Crippen LogP contribution is 1.94. The lowest BCUT2D eigenvalue weighted by Gasteiger charge is -1.95. The molecule has 0 saturated carbocycles. The van der Waals surface area contributed by atoms with Crippen molar-refractivity contribution < 1.29 is 16.1 Å². The van der Waals surface area contributed by atoms with Gasteiger partial charge in [-0.2, -0.15) is 0 Å². The summed E-state index contributed by atoms with van der Waals surface area (Å²) in [6.07, 6.45) is 0.931. The molecule has 0 radical (unpaired) electrons. The Labute approximate surface area is 50.0 Å². The van der Waals surface area contributed by atoms with Gasteiger partial charge in [0.1, 0.15) is 0 Å². The van der Waals surface area contributed by atoms with Crippen LogP contribution in [0, 0.1) is 5.92 Å². The zero-order valence-corrected chi connectivity index (χ0v) is 5.44. The van der Waals surface area contributed by atoms with Crippen LogP contribution in [-0.4, -0.2) is 22.7 Å². The first-order valence-corrected chi connectivity index (χ1v) is 2.38. The van der Waals surface area contributed by atoms with Crippen LogP contribution in [0.3, 0.4) is 0 Å². The number of aliphatic hydroxyl groups is 1. The van der Waals surface area contributed by atoms with Gasteiger partial charge >= 0.3 is 0 Å². The Morgan fingerprint density at radius 1 is 1.25 bits per heavy atom. The molecule has 0 spiro atoms. The van der Waals surface area contributed by atoms with Gasteiger partial charge in [-0.25, -0.2) is 0 Å². The summed E-state index contributed by atoms with van der Waals surface area (Å²) in [6.45, 7) is 4.52. The number of aliphatic hydroxyl groups excluding tert-OH is 1. The predicted molar refractivity (Wildman–Crippen MR) is 33.8 cm³/mol. The molecule has 0 bridgehead atoms. The number of hydrogen-bond donors (Lipinski definition) is 1. The van der Waals surface area contributed by atoms with E-state index in [2.05, 4.69) is 13.8 Å². The highest BCUT2D eigenvalue weighted by atomic mass is 16.2. The molecule has 0 fully saturated rings. The fraction of sp³-hybridized carbons (Fsp3) is 1.00. The van der Waals surface area contributed by atoms with Gasteiger partial charge < -0.3 is 16.1 Å². The largest absolute Gasteiger partial charge is 0.412 e. The van der Waals surface area contributed by atoms with Crippen LogP contribution in [-0.2, 0) is 0 Å². The first kappa shape index (κ1) is 15.7. The SMILES string of the molecule is CC(C)CCO.O.O. The minimum Gasteiger partial charge on any atom is -0.412 e. The van der Waals surface area contributed by atoms with Crippen molar-refractivity contribution in [2.24, 2.45) is 5.92 Å². The molecule has 0 rings (SSSR count).